The summed E-state index contributed by atoms with van der Waals surface area (Å²) < 4.78 is 0. The molecule has 3 aliphatic carbocycles. The molecular formula is C23H44. The van der Waals surface area contributed by atoms with E-state index in [4.69, 9.17) is 0 Å². The van der Waals surface area contributed by atoms with E-state index in [1.54, 1.807) is 6.42 Å². The second kappa shape index (κ2) is 13.1. The fraction of sp³-hybridized carbons (Fsp3) is 0.913. The molecule has 4 unspecified atom stereocenters. The van der Waals surface area contributed by atoms with Crippen LogP contribution in [-0.4, -0.2) is 0 Å². The van der Waals surface area contributed by atoms with Gasteiger partial charge in [0, 0.05) is 0 Å². The maximum Gasteiger partial charge on any atom is -0.0351 e. The molecule has 3 rings (SSSR count). The van der Waals surface area contributed by atoms with Crippen LogP contribution in [0.3, 0.4) is 0 Å². The fourth-order valence-corrected chi connectivity index (χ4v) is 4.79. The summed E-state index contributed by atoms with van der Waals surface area (Å²) in [4.78, 5) is 0. The van der Waals surface area contributed by atoms with Crippen LogP contribution in [-0.2, 0) is 0 Å². The minimum Gasteiger partial charge on any atom is -0.103 e. The summed E-state index contributed by atoms with van der Waals surface area (Å²) in [5, 5.41) is 0. The monoisotopic (exact) mass is 320 g/mol. The van der Waals surface area contributed by atoms with Gasteiger partial charge in [-0.25, -0.2) is 0 Å². The van der Waals surface area contributed by atoms with Crippen LogP contribution in [0.5, 0.6) is 0 Å². The van der Waals surface area contributed by atoms with E-state index in [1.165, 1.54) is 83.5 Å². The maximum atomic E-state index is 3.89. The van der Waals surface area contributed by atoms with Gasteiger partial charge in [0.2, 0.25) is 0 Å². The third kappa shape index (κ3) is 7.44. The average Bonchev–Trinajstić information content (AvgIpc) is 2.67. The van der Waals surface area contributed by atoms with Gasteiger partial charge in [0.25, 0.3) is 0 Å². The smallest absolute Gasteiger partial charge is 0.0351 e. The van der Waals surface area contributed by atoms with E-state index in [9.17, 15) is 0 Å². The molecule has 23 heavy (non-hydrogen) atoms. The van der Waals surface area contributed by atoms with Crippen molar-refractivity contribution in [2.75, 3.05) is 0 Å². The molecule has 4 atom stereocenters. The number of allylic oxidation sites excluding steroid dienone is 1. The summed E-state index contributed by atoms with van der Waals surface area (Å²) in [7, 11) is 0. The predicted molar refractivity (Wildman–Crippen MR) is 106 cm³/mol. The van der Waals surface area contributed by atoms with Crippen molar-refractivity contribution in [2.45, 2.75) is 111 Å². The van der Waals surface area contributed by atoms with E-state index in [2.05, 4.69) is 19.6 Å². The summed E-state index contributed by atoms with van der Waals surface area (Å²) in [5.74, 6) is 4.20. The van der Waals surface area contributed by atoms with Crippen molar-refractivity contribution in [1.29, 1.82) is 0 Å². The zero-order chi connectivity index (χ0) is 16.9. The second-order valence-electron chi connectivity index (χ2n) is 7.84. The van der Waals surface area contributed by atoms with Crippen LogP contribution in [0.4, 0.5) is 0 Å². The number of fused-ring (bicyclic) bond motifs is 2. The Morgan fingerprint density at radius 3 is 2.04 bits per heavy atom. The first-order valence-corrected chi connectivity index (χ1v) is 11.0. The summed E-state index contributed by atoms with van der Waals surface area (Å²) >= 11 is 0. The van der Waals surface area contributed by atoms with Crippen LogP contribution in [0.2, 0.25) is 0 Å². The first-order chi connectivity index (χ1) is 11.3. The molecule has 0 radical (unpaired) electrons. The third-order valence-corrected chi connectivity index (χ3v) is 6.45. The topological polar surface area (TPSA) is 0 Å². The lowest BCUT2D eigenvalue weighted by molar-refractivity contribution is 0.151. The third-order valence-electron chi connectivity index (χ3n) is 6.45. The van der Waals surface area contributed by atoms with Gasteiger partial charge in [-0.2, -0.15) is 0 Å². The van der Waals surface area contributed by atoms with Gasteiger partial charge in [-0.3, -0.25) is 0 Å². The van der Waals surface area contributed by atoms with Crippen molar-refractivity contribution in [3.8, 4) is 0 Å². The van der Waals surface area contributed by atoms with Gasteiger partial charge >= 0.3 is 0 Å². The highest BCUT2D eigenvalue weighted by atomic mass is 14.4. The second-order valence-corrected chi connectivity index (χ2v) is 7.84. The molecule has 3 aliphatic rings. The highest BCUT2D eigenvalue weighted by Crippen LogP contribution is 2.45. The largest absolute Gasteiger partial charge is 0.103 e. The molecule has 0 aromatic carbocycles. The molecule has 0 amide bonds. The Hall–Kier alpha value is -0.260. The van der Waals surface area contributed by atoms with Crippen molar-refractivity contribution < 1.29 is 0 Å². The lowest BCUT2D eigenvalue weighted by Crippen LogP contribution is -2.25. The quantitative estimate of drug-likeness (QED) is 0.448. The van der Waals surface area contributed by atoms with Crippen LogP contribution in [0, 0.1) is 23.7 Å². The van der Waals surface area contributed by atoms with E-state index >= 15 is 0 Å². The zero-order valence-corrected chi connectivity index (χ0v) is 16.5. The molecule has 0 heterocycles. The molecule has 0 N–H and O–H groups in total. The lowest BCUT2D eigenvalue weighted by Gasteiger charge is -2.35. The van der Waals surface area contributed by atoms with Crippen molar-refractivity contribution in [2.24, 2.45) is 23.7 Å². The van der Waals surface area contributed by atoms with Gasteiger partial charge < -0.3 is 0 Å². The van der Waals surface area contributed by atoms with Gasteiger partial charge in [-0.15, -0.1) is 6.58 Å². The number of rotatable bonds is 5. The summed E-state index contributed by atoms with van der Waals surface area (Å²) in [5.41, 5.74) is 0. The first-order valence-electron chi connectivity index (χ1n) is 11.0. The Morgan fingerprint density at radius 1 is 0.913 bits per heavy atom. The maximum absolute atomic E-state index is 3.89. The average molecular weight is 321 g/mol. The van der Waals surface area contributed by atoms with Gasteiger partial charge in [0.1, 0.15) is 0 Å². The normalized spacial score (nSPS) is 30.3. The molecule has 2 bridgehead atoms. The van der Waals surface area contributed by atoms with Crippen molar-refractivity contribution in [3.05, 3.63) is 12.7 Å². The Labute approximate surface area is 147 Å². The summed E-state index contributed by atoms with van der Waals surface area (Å²) in [6, 6.07) is 0. The Balaban J connectivity index is 0.000000375. The van der Waals surface area contributed by atoms with Crippen molar-refractivity contribution >= 4 is 0 Å². The summed E-state index contributed by atoms with van der Waals surface area (Å²) in [6.45, 7) is 10.3. The van der Waals surface area contributed by atoms with Crippen LogP contribution in [0.25, 0.3) is 0 Å². The van der Waals surface area contributed by atoms with Crippen LogP contribution < -0.4 is 0 Å². The van der Waals surface area contributed by atoms with E-state index in [-0.39, 0.29) is 0 Å². The molecule has 0 heteroatoms. The minimum atomic E-state index is 0.981. The molecule has 0 aromatic heterocycles. The molecule has 0 spiro atoms. The molecule has 0 saturated heterocycles. The van der Waals surface area contributed by atoms with Crippen LogP contribution >= 0.6 is 0 Å². The van der Waals surface area contributed by atoms with Crippen molar-refractivity contribution in [3.63, 3.8) is 0 Å². The zero-order valence-electron chi connectivity index (χ0n) is 16.5. The lowest BCUT2D eigenvalue weighted by atomic mass is 9.70. The van der Waals surface area contributed by atoms with Crippen LogP contribution in [0.15, 0.2) is 12.7 Å². The van der Waals surface area contributed by atoms with Gasteiger partial charge in [0.05, 0.1) is 0 Å². The molecule has 3 saturated carbocycles. The highest BCUT2D eigenvalue weighted by Gasteiger charge is 2.34. The minimum absolute atomic E-state index is 0.981. The van der Waals surface area contributed by atoms with E-state index in [0.29, 0.717) is 0 Å². The van der Waals surface area contributed by atoms with E-state index in [0.717, 1.165) is 23.7 Å². The van der Waals surface area contributed by atoms with Gasteiger partial charge in [-0.05, 0) is 49.4 Å². The highest BCUT2D eigenvalue weighted by molar-refractivity contribution is 4.86. The Kier molecular flexibility index (Phi) is 11.8. The van der Waals surface area contributed by atoms with Crippen molar-refractivity contribution in [1.82, 2.24) is 0 Å². The Morgan fingerprint density at radius 2 is 1.52 bits per heavy atom. The molecule has 136 valence electrons. The molecular weight excluding hydrogens is 276 g/mol. The molecule has 3 fully saturated rings. The van der Waals surface area contributed by atoms with E-state index < -0.39 is 0 Å². The number of hydrogen-bond acceptors (Lipinski definition) is 0. The number of hydrogen-bond donors (Lipinski definition) is 0. The Bertz CT molecular complexity index is 272. The fourth-order valence-electron chi connectivity index (χ4n) is 4.79. The standard InChI is InChI=1S/C17H30.C4H8.C2H6/c1-3-5-10-15(4-2)17-12-7-9-14-8-6-11-16(17)13-14;1-2-4-3-1;1-2/h3,14-17H,1,4-13H2,2H3;1-4H2;1-2H3. The van der Waals surface area contributed by atoms with Gasteiger partial charge in [-0.1, -0.05) is 91.1 Å². The summed E-state index contributed by atoms with van der Waals surface area (Å²) in [6.07, 6.45) is 22.8. The van der Waals surface area contributed by atoms with Crippen LogP contribution in [0.1, 0.15) is 111 Å². The van der Waals surface area contributed by atoms with E-state index in [1.807, 2.05) is 13.8 Å². The molecule has 0 aliphatic heterocycles. The molecule has 0 aromatic rings. The SMILES string of the molecule is C1CCC1.C=CCCC(CC)C1CCCC2CCCC1C2.CC. The van der Waals surface area contributed by atoms with Gasteiger partial charge in [0.15, 0.2) is 0 Å². The first kappa shape index (κ1) is 20.8. The predicted octanol–water partition coefficient (Wildman–Crippen LogP) is 8.17. The molecule has 0 nitrogen and oxygen atoms in total.